The first-order valence-corrected chi connectivity index (χ1v) is 10.4. The molecular formula is C23H30N4O2. The van der Waals surface area contributed by atoms with Crippen LogP contribution >= 0.6 is 0 Å². The number of nitrogens with zero attached hydrogens (tertiary/aromatic N) is 3. The minimum Gasteiger partial charge on any atom is -0.472 e. The highest BCUT2D eigenvalue weighted by atomic mass is 16.5. The second-order valence-electron chi connectivity index (χ2n) is 9.08. The number of anilines is 1. The lowest BCUT2D eigenvalue weighted by Gasteiger charge is -2.23. The molecule has 2 fully saturated rings. The molecule has 4 rings (SSSR count). The average molecular weight is 395 g/mol. The summed E-state index contributed by atoms with van der Waals surface area (Å²) in [7, 11) is 0. The second-order valence-corrected chi connectivity index (χ2v) is 9.08. The normalized spacial score (nSPS) is 20.2. The summed E-state index contributed by atoms with van der Waals surface area (Å²) < 4.78 is 11.6. The minimum atomic E-state index is -0.0618. The van der Waals surface area contributed by atoms with Gasteiger partial charge in [-0.15, -0.1) is 5.10 Å². The van der Waals surface area contributed by atoms with Crippen molar-refractivity contribution in [2.45, 2.75) is 63.9 Å². The van der Waals surface area contributed by atoms with Crippen LogP contribution in [0.1, 0.15) is 69.2 Å². The number of nitrogens with two attached hydrogens (primary N) is 1. The fraction of sp³-hybridized carbons (Fsp3) is 0.522. The Labute approximate surface area is 172 Å². The van der Waals surface area contributed by atoms with Crippen molar-refractivity contribution < 1.29 is 9.47 Å². The van der Waals surface area contributed by atoms with E-state index in [9.17, 15) is 0 Å². The summed E-state index contributed by atoms with van der Waals surface area (Å²) in [5.41, 5.74) is 11.1. The van der Waals surface area contributed by atoms with Gasteiger partial charge < -0.3 is 15.2 Å². The molecule has 154 valence electrons. The van der Waals surface area contributed by atoms with Crippen LogP contribution in [0.4, 0.5) is 5.69 Å². The number of ether oxygens (including phenoxy) is 2. The van der Waals surface area contributed by atoms with E-state index in [0.29, 0.717) is 29.8 Å². The standard InChI is InChI=1S/C23H30N4O2/c1-23(2,3)18-11-15(14-7-8-14)10-17-19(24)12-20(26-21(17)18)22(27-25-4)29-13-16-6-5-9-28-16/h10-12,14,16H,4-9,13H2,1-3H3,(H2,24,26)/b27-22-. The van der Waals surface area contributed by atoms with Gasteiger partial charge in [-0.3, -0.25) is 0 Å². The average Bonchev–Trinajstić information content (AvgIpc) is 3.39. The maximum absolute atomic E-state index is 6.49. The Morgan fingerprint density at radius 2 is 2.07 bits per heavy atom. The summed E-state index contributed by atoms with van der Waals surface area (Å²) in [5.74, 6) is 0.978. The van der Waals surface area contributed by atoms with E-state index in [1.807, 2.05) is 6.07 Å². The molecule has 2 heterocycles. The van der Waals surface area contributed by atoms with E-state index in [2.05, 4.69) is 49.8 Å². The molecule has 1 saturated heterocycles. The van der Waals surface area contributed by atoms with Gasteiger partial charge in [0.2, 0.25) is 0 Å². The van der Waals surface area contributed by atoms with Gasteiger partial charge in [-0.2, -0.15) is 5.10 Å². The van der Waals surface area contributed by atoms with Gasteiger partial charge in [0.15, 0.2) is 0 Å². The second kappa shape index (κ2) is 7.75. The highest BCUT2D eigenvalue weighted by Gasteiger charge is 2.28. The van der Waals surface area contributed by atoms with Crippen LogP contribution in [0.3, 0.4) is 0 Å². The molecule has 1 aromatic heterocycles. The van der Waals surface area contributed by atoms with Crippen LogP contribution in [0, 0.1) is 0 Å². The van der Waals surface area contributed by atoms with Crippen molar-refractivity contribution in [1.82, 2.24) is 4.98 Å². The van der Waals surface area contributed by atoms with Crippen molar-refractivity contribution in [3.8, 4) is 0 Å². The number of pyridine rings is 1. The topological polar surface area (TPSA) is 82.1 Å². The highest BCUT2D eigenvalue weighted by Crippen LogP contribution is 2.44. The quantitative estimate of drug-likeness (QED) is 0.458. The van der Waals surface area contributed by atoms with Gasteiger partial charge >= 0.3 is 0 Å². The SMILES string of the molecule is C=N/N=C(\OCC1CCCO1)c1cc(N)c2cc(C3CC3)cc(C(C)(C)C)c2n1. The molecule has 2 aromatic rings. The van der Waals surface area contributed by atoms with Gasteiger partial charge in [0.1, 0.15) is 12.3 Å². The molecule has 2 aliphatic rings. The number of hydrogen-bond acceptors (Lipinski definition) is 6. The molecule has 1 saturated carbocycles. The molecule has 2 N–H and O–H groups in total. The summed E-state index contributed by atoms with van der Waals surface area (Å²) in [6.07, 6.45) is 4.62. The number of rotatable bonds is 5. The summed E-state index contributed by atoms with van der Waals surface area (Å²) in [6, 6.07) is 6.32. The molecule has 0 spiro atoms. The van der Waals surface area contributed by atoms with E-state index in [-0.39, 0.29) is 11.5 Å². The fourth-order valence-corrected chi connectivity index (χ4v) is 3.87. The van der Waals surface area contributed by atoms with E-state index < -0.39 is 0 Å². The molecule has 0 radical (unpaired) electrons. The molecule has 1 aliphatic heterocycles. The molecule has 6 nitrogen and oxygen atoms in total. The summed E-state index contributed by atoms with van der Waals surface area (Å²) in [4.78, 5) is 4.92. The Morgan fingerprint density at radius 1 is 1.28 bits per heavy atom. The molecule has 0 bridgehead atoms. The lowest BCUT2D eigenvalue weighted by molar-refractivity contribution is 0.0639. The van der Waals surface area contributed by atoms with Crippen molar-refractivity contribution in [3.63, 3.8) is 0 Å². The van der Waals surface area contributed by atoms with Gasteiger partial charge in [-0.05, 0) is 60.3 Å². The maximum Gasteiger partial charge on any atom is 0.259 e. The Hall–Kier alpha value is -2.47. The van der Waals surface area contributed by atoms with E-state index in [1.165, 1.54) is 24.0 Å². The van der Waals surface area contributed by atoms with Crippen molar-refractivity contribution >= 4 is 29.2 Å². The van der Waals surface area contributed by atoms with Crippen LogP contribution in [0.2, 0.25) is 0 Å². The maximum atomic E-state index is 6.49. The van der Waals surface area contributed by atoms with E-state index >= 15 is 0 Å². The molecule has 1 unspecified atom stereocenters. The van der Waals surface area contributed by atoms with E-state index in [4.69, 9.17) is 20.2 Å². The van der Waals surface area contributed by atoms with Crippen LogP contribution in [-0.2, 0) is 14.9 Å². The molecule has 29 heavy (non-hydrogen) atoms. The third kappa shape index (κ3) is 4.27. The largest absolute Gasteiger partial charge is 0.472 e. The molecule has 1 aromatic carbocycles. The lowest BCUT2D eigenvalue weighted by Crippen LogP contribution is -2.20. The minimum absolute atomic E-state index is 0.0618. The molecule has 6 heteroatoms. The predicted octanol–water partition coefficient (Wildman–Crippen LogP) is 4.55. The van der Waals surface area contributed by atoms with Crippen molar-refractivity contribution in [2.75, 3.05) is 18.9 Å². The molecule has 0 amide bonds. The van der Waals surface area contributed by atoms with Crippen LogP contribution in [0.15, 0.2) is 28.4 Å². The van der Waals surface area contributed by atoms with Crippen molar-refractivity contribution in [3.05, 3.63) is 35.0 Å². The summed E-state index contributed by atoms with van der Waals surface area (Å²) >= 11 is 0. The number of benzene rings is 1. The van der Waals surface area contributed by atoms with Crippen molar-refractivity contribution in [2.24, 2.45) is 10.2 Å². The van der Waals surface area contributed by atoms with Gasteiger partial charge in [0, 0.05) is 24.4 Å². The van der Waals surface area contributed by atoms with Gasteiger partial charge in [0.05, 0.1) is 11.6 Å². The zero-order valence-corrected chi connectivity index (χ0v) is 17.6. The first kappa shape index (κ1) is 19.8. The number of nitrogen functional groups attached to an aromatic ring is 1. The molecule has 1 aliphatic carbocycles. The number of aromatic nitrogens is 1. The Kier molecular flexibility index (Phi) is 5.30. The van der Waals surface area contributed by atoms with Crippen molar-refractivity contribution in [1.29, 1.82) is 0 Å². The third-order valence-corrected chi connectivity index (χ3v) is 5.64. The summed E-state index contributed by atoms with van der Waals surface area (Å²) in [5, 5.41) is 8.75. The van der Waals surface area contributed by atoms with Gasteiger partial charge in [-0.1, -0.05) is 26.8 Å². The fourth-order valence-electron chi connectivity index (χ4n) is 3.87. The Morgan fingerprint density at radius 3 is 2.69 bits per heavy atom. The number of fused-ring (bicyclic) bond motifs is 1. The molecular weight excluding hydrogens is 364 g/mol. The Bertz CT molecular complexity index is 951. The predicted molar refractivity (Wildman–Crippen MR) is 118 cm³/mol. The third-order valence-electron chi connectivity index (χ3n) is 5.64. The van der Waals surface area contributed by atoms with E-state index in [0.717, 1.165) is 30.4 Å². The summed E-state index contributed by atoms with van der Waals surface area (Å²) in [6.45, 7) is 11.3. The van der Waals surface area contributed by atoms with Gasteiger partial charge in [-0.25, -0.2) is 4.98 Å². The first-order chi connectivity index (χ1) is 13.9. The lowest BCUT2D eigenvalue weighted by atomic mass is 9.83. The van der Waals surface area contributed by atoms with Crippen LogP contribution in [0.5, 0.6) is 0 Å². The Balaban J connectivity index is 1.77. The van der Waals surface area contributed by atoms with Crippen LogP contribution in [-0.4, -0.2) is 36.9 Å². The van der Waals surface area contributed by atoms with Crippen LogP contribution in [0.25, 0.3) is 10.9 Å². The number of hydrogen-bond donors (Lipinski definition) is 1. The zero-order valence-electron chi connectivity index (χ0n) is 17.6. The molecule has 1 atom stereocenters. The highest BCUT2D eigenvalue weighted by molar-refractivity contribution is 6.00. The monoisotopic (exact) mass is 394 g/mol. The van der Waals surface area contributed by atoms with E-state index in [1.54, 1.807) is 0 Å². The first-order valence-electron chi connectivity index (χ1n) is 10.4. The smallest absolute Gasteiger partial charge is 0.259 e. The van der Waals surface area contributed by atoms with Crippen LogP contribution < -0.4 is 5.73 Å². The van der Waals surface area contributed by atoms with Gasteiger partial charge in [0.25, 0.3) is 5.90 Å². The zero-order chi connectivity index (χ0) is 20.6.